The molecule has 4 heteroatoms. The third-order valence-electron chi connectivity index (χ3n) is 4.21. The van der Waals surface area contributed by atoms with Gasteiger partial charge in [0.1, 0.15) is 0 Å². The van der Waals surface area contributed by atoms with Crippen molar-refractivity contribution in [1.29, 1.82) is 0 Å². The van der Waals surface area contributed by atoms with E-state index in [2.05, 4.69) is 40.7 Å². The van der Waals surface area contributed by atoms with Crippen molar-refractivity contribution in [2.75, 3.05) is 0 Å². The van der Waals surface area contributed by atoms with Crippen LogP contribution < -0.4 is 0 Å². The first-order valence-corrected chi connectivity index (χ1v) is 7.89. The zero-order chi connectivity index (χ0) is 16.2. The van der Waals surface area contributed by atoms with Gasteiger partial charge in [-0.05, 0) is 49.9 Å². The summed E-state index contributed by atoms with van der Waals surface area (Å²) in [6.07, 6.45) is 6.37. The van der Waals surface area contributed by atoms with Crippen molar-refractivity contribution in [3.63, 3.8) is 0 Å². The predicted molar refractivity (Wildman–Crippen MR) is 91.0 cm³/mol. The maximum absolute atomic E-state index is 10.7. The van der Waals surface area contributed by atoms with Gasteiger partial charge in [-0.25, -0.2) is 0 Å². The number of hydrogen-bond acceptors (Lipinski definition) is 2. The molecule has 23 heavy (non-hydrogen) atoms. The Kier molecular flexibility index (Phi) is 4.42. The maximum Gasteiger partial charge on any atom is 0.303 e. The highest BCUT2D eigenvalue weighted by Gasteiger charge is 2.14. The van der Waals surface area contributed by atoms with E-state index in [1.807, 2.05) is 18.3 Å². The number of hydrogen-bond donors (Lipinski definition) is 1. The van der Waals surface area contributed by atoms with Crippen LogP contribution in [-0.4, -0.2) is 20.6 Å². The number of aromatic nitrogens is 2. The monoisotopic (exact) mass is 308 g/mol. The van der Waals surface area contributed by atoms with Gasteiger partial charge in [0.2, 0.25) is 0 Å². The minimum atomic E-state index is -0.723. The van der Waals surface area contributed by atoms with E-state index in [9.17, 15) is 4.79 Å². The largest absolute Gasteiger partial charge is 0.481 e. The van der Waals surface area contributed by atoms with E-state index >= 15 is 0 Å². The SMILES string of the molecule is Cc1c(CCCCC(=O)O)c2ccccc2n1-c1cccnc1. The topological polar surface area (TPSA) is 55.1 Å². The van der Waals surface area contributed by atoms with Gasteiger partial charge in [0.25, 0.3) is 0 Å². The molecular weight excluding hydrogens is 288 g/mol. The number of unbranched alkanes of at least 4 members (excludes halogenated alkanes) is 1. The van der Waals surface area contributed by atoms with E-state index < -0.39 is 5.97 Å². The summed E-state index contributed by atoms with van der Waals surface area (Å²) in [6.45, 7) is 2.12. The Labute approximate surface area is 135 Å². The van der Waals surface area contributed by atoms with Crippen LogP contribution in [0.4, 0.5) is 0 Å². The second-order valence-electron chi connectivity index (χ2n) is 5.73. The summed E-state index contributed by atoms with van der Waals surface area (Å²) in [7, 11) is 0. The Bertz CT molecular complexity index is 822. The lowest BCUT2D eigenvalue weighted by Gasteiger charge is -2.08. The number of fused-ring (bicyclic) bond motifs is 1. The number of rotatable bonds is 6. The molecule has 2 heterocycles. The highest BCUT2D eigenvalue weighted by Crippen LogP contribution is 2.30. The average molecular weight is 308 g/mol. The van der Waals surface area contributed by atoms with Crippen LogP contribution in [-0.2, 0) is 11.2 Å². The van der Waals surface area contributed by atoms with Crippen molar-refractivity contribution < 1.29 is 9.90 Å². The quantitative estimate of drug-likeness (QED) is 0.697. The number of carboxylic acids is 1. The van der Waals surface area contributed by atoms with Crippen molar-refractivity contribution in [3.8, 4) is 5.69 Å². The van der Waals surface area contributed by atoms with E-state index in [4.69, 9.17) is 5.11 Å². The smallest absolute Gasteiger partial charge is 0.303 e. The summed E-state index contributed by atoms with van der Waals surface area (Å²) in [6, 6.07) is 12.4. The number of pyridine rings is 1. The number of benzene rings is 1. The molecule has 2 aromatic heterocycles. The van der Waals surface area contributed by atoms with E-state index in [0.29, 0.717) is 6.42 Å². The van der Waals surface area contributed by atoms with Gasteiger partial charge < -0.3 is 9.67 Å². The summed E-state index contributed by atoms with van der Waals surface area (Å²) in [4.78, 5) is 14.9. The van der Waals surface area contributed by atoms with Crippen LogP contribution in [0.1, 0.15) is 30.5 Å². The molecule has 0 saturated heterocycles. The van der Waals surface area contributed by atoms with Crippen molar-refractivity contribution in [3.05, 3.63) is 60.0 Å². The summed E-state index contributed by atoms with van der Waals surface area (Å²) < 4.78 is 2.23. The first-order chi connectivity index (χ1) is 11.2. The lowest BCUT2D eigenvalue weighted by molar-refractivity contribution is -0.137. The van der Waals surface area contributed by atoms with Crippen LogP contribution in [0.3, 0.4) is 0 Å². The van der Waals surface area contributed by atoms with Gasteiger partial charge in [0, 0.05) is 23.7 Å². The van der Waals surface area contributed by atoms with Crippen LogP contribution >= 0.6 is 0 Å². The third kappa shape index (κ3) is 3.11. The molecule has 0 aliphatic heterocycles. The highest BCUT2D eigenvalue weighted by atomic mass is 16.4. The zero-order valence-electron chi connectivity index (χ0n) is 13.2. The molecule has 4 nitrogen and oxygen atoms in total. The molecule has 0 bridgehead atoms. The molecule has 3 aromatic rings. The number of para-hydroxylation sites is 1. The van der Waals surface area contributed by atoms with Gasteiger partial charge in [0.05, 0.1) is 17.4 Å². The van der Waals surface area contributed by atoms with Crippen LogP contribution in [0, 0.1) is 6.92 Å². The fraction of sp³-hybridized carbons (Fsp3) is 0.263. The van der Waals surface area contributed by atoms with Crippen LogP contribution in [0.25, 0.3) is 16.6 Å². The molecule has 0 spiro atoms. The van der Waals surface area contributed by atoms with E-state index in [0.717, 1.165) is 18.5 Å². The van der Waals surface area contributed by atoms with E-state index in [1.54, 1.807) is 6.20 Å². The summed E-state index contributed by atoms with van der Waals surface area (Å²) in [5.74, 6) is -0.723. The minimum absolute atomic E-state index is 0.236. The van der Waals surface area contributed by atoms with Crippen molar-refractivity contribution in [2.24, 2.45) is 0 Å². The second kappa shape index (κ2) is 6.65. The molecule has 0 saturated carbocycles. The van der Waals surface area contributed by atoms with Gasteiger partial charge in [-0.15, -0.1) is 0 Å². The first kappa shape index (κ1) is 15.3. The number of nitrogens with zero attached hydrogens (tertiary/aromatic N) is 2. The molecule has 1 aromatic carbocycles. The summed E-state index contributed by atoms with van der Waals surface area (Å²) >= 11 is 0. The predicted octanol–water partition coefficient (Wildman–Crippen LogP) is 4.13. The number of aryl methyl sites for hydroxylation is 1. The van der Waals surface area contributed by atoms with E-state index in [1.165, 1.54) is 22.2 Å². The molecule has 0 atom stereocenters. The van der Waals surface area contributed by atoms with Crippen LogP contribution in [0.2, 0.25) is 0 Å². The molecule has 0 radical (unpaired) electrons. The molecular formula is C19H20N2O2. The third-order valence-corrected chi connectivity index (χ3v) is 4.21. The zero-order valence-corrected chi connectivity index (χ0v) is 13.2. The Morgan fingerprint density at radius 3 is 2.74 bits per heavy atom. The second-order valence-corrected chi connectivity index (χ2v) is 5.73. The number of aliphatic carboxylic acids is 1. The molecule has 0 aliphatic carbocycles. The number of carboxylic acid groups (broad SMARTS) is 1. The van der Waals surface area contributed by atoms with Crippen LogP contribution in [0.15, 0.2) is 48.8 Å². The molecule has 1 N–H and O–H groups in total. The molecule has 0 unspecified atom stereocenters. The van der Waals surface area contributed by atoms with Crippen molar-refractivity contribution in [2.45, 2.75) is 32.6 Å². The fourth-order valence-corrected chi connectivity index (χ4v) is 3.15. The Morgan fingerprint density at radius 2 is 2.00 bits per heavy atom. The standard InChI is InChI=1S/C19H20N2O2/c1-14-16(8-3-5-11-19(22)23)17-9-2-4-10-18(17)21(14)15-7-6-12-20-13-15/h2,4,6-7,9-10,12-13H,3,5,8,11H2,1H3,(H,22,23). The maximum atomic E-state index is 10.7. The van der Waals surface area contributed by atoms with Gasteiger partial charge >= 0.3 is 5.97 Å². The minimum Gasteiger partial charge on any atom is -0.481 e. The number of carbonyl (C=O) groups is 1. The highest BCUT2D eigenvalue weighted by molar-refractivity contribution is 5.87. The van der Waals surface area contributed by atoms with Crippen LogP contribution in [0.5, 0.6) is 0 Å². The van der Waals surface area contributed by atoms with Gasteiger partial charge in [-0.3, -0.25) is 9.78 Å². The fourth-order valence-electron chi connectivity index (χ4n) is 3.15. The normalized spacial score (nSPS) is 11.0. The molecule has 0 fully saturated rings. The first-order valence-electron chi connectivity index (χ1n) is 7.89. The van der Waals surface area contributed by atoms with E-state index in [-0.39, 0.29) is 6.42 Å². The summed E-state index contributed by atoms with van der Waals surface area (Å²) in [5, 5.41) is 10.0. The lowest BCUT2D eigenvalue weighted by atomic mass is 10.0. The Balaban J connectivity index is 1.99. The Morgan fingerprint density at radius 1 is 1.17 bits per heavy atom. The Hall–Kier alpha value is -2.62. The van der Waals surface area contributed by atoms with Gasteiger partial charge in [-0.2, -0.15) is 0 Å². The van der Waals surface area contributed by atoms with Gasteiger partial charge in [-0.1, -0.05) is 18.2 Å². The molecule has 0 aliphatic rings. The average Bonchev–Trinajstić information content (AvgIpc) is 2.84. The molecule has 118 valence electrons. The summed E-state index contributed by atoms with van der Waals surface area (Å²) in [5.41, 5.74) is 4.73. The molecule has 0 amide bonds. The molecule has 3 rings (SSSR count). The van der Waals surface area contributed by atoms with Crippen molar-refractivity contribution in [1.82, 2.24) is 9.55 Å². The van der Waals surface area contributed by atoms with Crippen molar-refractivity contribution >= 4 is 16.9 Å². The lowest BCUT2D eigenvalue weighted by Crippen LogP contribution is -1.99. The van der Waals surface area contributed by atoms with Gasteiger partial charge in [0.15, 0.2) is 0 Å².